The van der Waals surface area contributed by atoms with Crippen LogP contribution in [0.3, 0.4) is 0 Å². The third kappa shape index (κ3) is 2.73. The van der Waals surface area contributed by atoms with Crippen molar-refractivity contribution in [3.8, 4) is 0 Å². The highest BCUT2D eigenvalue weighted by atomic mass is 16.3. The maximum Gasteiger partial charge on any atom is 0.258 e. The number of carbonyl (C=O) groups is 2. The van der Waals surface area contributed by atoms with E-state index in [1.54, 1.807) is 12.1 Å². The summed E-state index contributed by atoms with van der Waals surface area (Å²) in [4.78, 5) is 24.0. The van der Waals surface area contributed by atoms with E-state index in [1.165, 1.54) is 6.26 Å². The van der Waals surface area contributed by atoms with Gasteiger partial charge in [-0.2, -0.15) is 0 Å². The van der Waals surface area contributed by atoms with Crippen molar-refractivity contribution in [3.05, 3.63) is 53.0 Å². The number of hydrogen-bond donors (Lipinski definition) is 2. The van der Waals surface area contributed by atoms with Crippen molar-refractivity contribution < 1.29 is 14.0 Å². The molecule has 1 aromatic carbocycles. The first-order valence-corrected chi connectivity index (χ1v) is 6.92. The van der Waals surface area contributed by atoms with Gasteiger partial charge in [-0.15, -0.1) is 0 Å². The summed E-state index contributed by atoms with van der Waals surface area (Å²) in [6, 6.07) is 7.08. The third-order valence-corrected chi connectivity index (χ3v) is 3.64. The minimum absolute atomic E-state index is 0.140. The quantitative estimate of drug-likeness (QED) is 0.906. The van der Waals surface area contributed by atoms with Crippen LogP contribution in [0.4, 0.5) is 5.69 Å². The van der Waals surface area contributed by atoms with E-state index in [0.717, 1.165) is 18.4 Å². The Hall–Kier alpha value is -2.40. The van der Waals surface area contributed by atoms with E-state index in [2.05, 4.69) is 5.32 Å². The summed E-state index contributed by atoms with van der Waals surface area (Å²) in [5.74, 6) is 0.420. The second-order valence-corrected chi connectivity index (χ2v) is 5.11. The van der Waals surface area contributed by atoms with E-state index in [1.807, 2.05) is 12.1 Å². The van der Waals surface area contributed by atoms with Gasteiger partial charge in [0.1, 0.15) is 12.0 Å². The number of ketones is 1. The van der Waals surface area contributed by atoms with Crippen LogP contribution >= 0.6 is 0 Å². The van der Waals surface area contributed by atoms with Gasteiger partial charge in [-0.25, -0.2) is 0 Å². The molecule has 0 fully saturated rings. The fraction of sp³-hybridized carbons (Fsp3) is 0.250. The zero-order valence-electron chi connectivity index (χ0n) is 11.5. The van der Waals surface area contributed by atoms with Crippen LogP contribution in [0.2, 0.25) is 0 Å². The molecule has 0 spiro atoms. The molecule has 0 unspecified atom stereocenters. The molecular weight excluding hydrogens is 268 g/mol. The number of Topliss-reactive ketones (excluding diaryl/α,β-unsaturated/α-hetero) is 1. The number of fused-ring (bicyclic) bond motifs is 1. The Morgan fingerprint density at radius 3 is 2.90 bits per heavy atom. The van der Waals surface area contributed by atoms with Gasteiger partial charge in [0.25, 0.3) is 5.91 Å². The Morgan fingerprint density at radius 1 is 1.29 bits per heavy atom. The Labute approximate surface area is 122 Å². The Kier molecular flexibility index (Phi) is 3.58. The molecule has 0 atom stereocenters. The van der Waals surface area contributed by atoms with Crippen LogP contribution in [-0.2, 0) is 13.0 Å². The minimum atomic E-state index is -0.276. The molecule has 21 heavy (non-hydrogen) atoms. The maximum atomic E-state index is 12.1. The predicted octanol–water partition coefficient (Wildman–Crippen LogP) is 2.51. The molecule has 3 rings (SSSR count). The number of carbonyl (C=O) groups excluding carboxylic acids is 2. The van der Waals surface area contributed by atoms with E-state index in [-0.39, 0.29) is 18.2 Å². The van der Waals surface area contributed by atoms with Crippen LogP contribution in [0.5, 0.6) is 0 Å². The standard InChI is InChI=1S/C16H16N2O3/c17-8-13-6-11(9-21-13)16(20)18-12-5-4-10-2-1-3-15(19)14(10)7-12/h4-7,9H,1-3,8,17H2,(H,18,20). The first-order valence-electron chi connectivity index (χ1n) is 6.92. The highest BCUT2D eigenvalue weighted by Crippen LogP contribution is 2.24. The third-order valence-electron chi connectivity index (χ3n) is 3.64. The molecule has 0 aliphatic heterocycles. The average molecular weight is 284 g/mol. The molecule has 0 bridgehead atoms. The largest absolute Gasteiger partial charge is 0.467 e. The van der Waals surface area contributed by atoms with Crippen LogP contribution in [0.1, 0.15) is 44.9 Å². The highest BCUT2D eigenvalue weighted by Gasteiger charge is 2.18. The molecule has 0 saturated heterocycles. The second-order valence-electron chi connectivity index (χ2n) is 5.11. The molecule has 1 aliphatic rings. The fourth-order valence-corrected chi connectivity index (χ4v) is 2.52. The SMILES string of the molecule is NCc1cc(C(=O)Nc2ccc3c(c2)C(=O)CCC3)co1. The molecule has 0 radical (unpaired) electrons. The molecule has 108 valence electrons. The number of nitrogens with one attached hydrogen (secondary N) is 1. The summed E-state index contributed by atoms with van der Waals surface area (Å²) < 4.78 is 5.14. The molecule has 0 saturated carbocycles. The zero-order valence-corrected chi connectivity index (χ0v) is 11.5. The average Bonchev–Trinajstić information content (AvgIpc) is 2.97. The van der Waals surface area contributed by atoms with Gasteiger partial charge in [0.15, 0.2) is 5.78 Å². The van der Waals surface area contributed by atoms with Gasteiger partial charge in [-0.1, -0.05) is 6.07 Å². The molecule has 1 aromatic heterocycles. The monoisotopic (exact) mass is 284 g/mol. The summed E-state index contributed by atoms with van der Waals surface area (Å²) in [5.41, 5.74) is 8.25. The number of amides is 1. The van der Waals surface area contributed by atoms with Gasteiger partial charge in [0.05, 0.1) is 12.1 Å². The number of hydrogen-bond acceptors (Lipinski definition) is 4. The minimum Gasteiger partial charge on any atom is -0.467 e. The van der Waals surface area contributed by atoms with E-state index in [4.69, 9.17) is 10.2 Å². The smallest absolute Gasteiger partial charge is 0.258 e. The first kappa shape index (κ1) is 13.6. The van der Waals surface area contributed by atoms with Gasteiger partial charge in [-0.3, -0.25) is 9.59 Å². The van der Waals surface area contributed by atoms with Crippen LogP contribution in [0.15, 0.2) is 34.9 Å². The molecular formula is C16H16N2O3. The summed E-state index contributed by atoms with van der Waals surface area (Å²) in [6.07, 6.45) is 3.76. The van der Waals surface area contributed by atoms with E-state index >= 15 is 0 Å². The summed E-state index contributed by atoms with van der Waals surface area (Å²) >= 11 is 0. The van der Waals surface area contributed by atoms with Gasteiger partial charge in [-0.05, 0) is 36.6 Å². The van der Waals surface area contributed by atoms with Crippen LogP contribution in [-0.4, -0.2) is 11.7 Å². The van der Waals surface area contributed by atoms with Gasteiger partial charge in [0, 0.05) is 17.7 Å². The van der Waals surface area contributed by atoms with E-state index < -0.39 is 0 Å². The normalized spacial score (nSPS) is 13.9. The lowest BCUT2D eigenvalue weighted by atomic mass is 9.90. The molecule has 3 N–H and O–H groups in total. The number of nitrogens with two attached hydrogens (primary N) is 1. The van der Waals surface area contributed by atoms with Crippen LogP contribution in [0, 0.1) is 0 Å². The number of benzene rings is 1. The van der Waals surface area contributed by atoms with Crippen molar-refractivity contribution in [2.45, 2.75) is 25.8 Å². The van der Waals surface area contributed by atoms with Crippen LogP contribution < -0.4 is 11.1 Å². The first-order chi connectivity index (χ1) is 10.2. The fourth-order valence-electron chi connectivity index (χ4n) is 2.52. The summed E-state index contributed by atoms with van der Waals surface area (Å²) in [6.45, 7) is 0.251. The van der Waals surface area contributed by atoms with Crippen molar-refractivity contribution in [3.63, 3.8) is 0 Å². The summed E-state index contributed by atoms with van der Waals surface area (Å²) in [7, 11) is 0. The van der Waals surface area contributed by atoms with E-state index in [9.17, 15) is 9.59 Å². The molecule has 2 aromatic rings. The molecule has 1 amide bonds. The van der Waals surface area contributed by atoms with Crippen molar-refractivity contribution in [2.24, 2.45) is 5.73 Å². The Balaban J connectivity index is 1.80. The van der Waals surface area contributed by atoms with Crippen molar-refractivity contribution >= 4 is 17.4 Å². The van der Waals surface area contributed by atoms with Crippen molar-refractivity contribution in [1.82, 2.24) is 0 Å². The molecule has 1 aliphatic carbocycles. The molecule has 5 nitrogen and oxygen atoms in total. The Morgan fingerprint density at radius 2 is 2.14 bits per heavy atom. The van der Waals surface area contributed by atoms with Gasteiger partial charge < -0.3 is 15.5 Å². The molecule has 5 heteroatoms. The van der Waals surface area contributed by atoms with Gasteiger partial charge >= 0.3 is 0 Å². The lowest BCUT2D eigenvalue weighted by molar-refractivity contribution is 0.0970. The number of rotatable bonds is 3. The number of aryl methyl sites for hydroxylation is 1. The zero-order chi connectivity index (χ0) is 14.8. The maximum absolute atomic E-state index is 12.1. The second kappa shape index (κ2) is 5.54. The summed E-state index contributed by atoms with van der Waals surface area (Å²) in [5, 5.41) is 2.77. The lowest BCUT2D eigenvalue weighted by Gasteiger charge is -2.15. The number of furan rings is 1. The Bertz CT molecular complexity index is 703. The predicted molar refractivity (Wildman–Crippen MR) is 78.3 cm³/mol. The van der Waals surface area contributed by atoms with Crippen molar-refractivity contribution in [2.75, 3.05) is 5.32 Å². The lowest BCUT2D eigenvalue weighted by Crippen LogP contribution is -2.14. The topological polar surface area (TPSA) is 85.3 Å². The number of anilines is 1. The van der Waals surface area contributed by atoms with E-state index in [0.29, 0.717) is 29.0 Å². The van der Waals surface area contributed by atoms with Crippen molar-refractivity contribution in [1.29, 1.82) is 0 Å². The van der Waals surface area contributed by atoms with Crippen LogP contribution in [0.25, 0.3) is 0 Å². The highest BCUT2D eigenvalue weighted by molar-refractivity contribution is 6.05. The molecule has 1 heterocycles. The van der Waals surface area contributed by atoms with Gasteiger partial charge in [0.2, 0.25) is 0 Å².